The first-order valence-electron chi connectivity index (χ1n) is 32.9. The summed E-state index contributed by atoms with van der Waals surface area (Å²) in [6.07, 6.45) is 89.5. The van der Waals surface area contributed by atoms with Gasteiger partial charge in [-0.15, -0.1) is 0 Å². The molecule has 0 aliphatic rings. The lowest BCUT2D eigenvalue weighted by molar-refractivity contribution is -0.167. The van der Waals surface area contributed by atoms with Gasteiger partial charge in [-0.25, -0.2) is 0 Å². The smallest absolute Gasteiger partial charge is 0.306 e. The molecule has 0 fully saturated rings. The van der Waals surface area contributed by atoms with Crippen molar-refractivity contribution < 1.29 is 28.6 Å². The van der Waals surface area contributed by atoms with Gasteiger partial charge in [0.05, 0.1) is 0 Å². The lowest BCUT2D eigenvalue weighted by Crippen LogP contribution is -2.30. The summed E-state index contributed by atoms with van der Waals surface area (Å²) in [4.78, 5) is 38.3. The molecular weight excluding hydrogens is 961 g/mol. The normalized spacial score (nSPS) is 12.8. The molecule has 446 valence electrons. The summed E-state index contributed by atoms with van der Waals surface area (Å²) in [6, 6.07) is 0. The predicted octanol–water partition coefficient (Wildman–Crippen LogP) is 22.6. The fourth-order valence-corrected chi connectivity index (χ4v) is 9.05. The van der Waals surface area contributed by atoms with E-state index in [1.807, 2.05) is 0 Å². The lowest BCUT2D eigenvalue weighted by Gasteiger charge is -2.18. The highest BCUT2D eigenvalue weighted by Crippen LogP contribution is 2.16. The van der Waals surface area contributed by atoms with E-state index in [1.165, 1.54) is 135 Å². The van der Waals surface area contributed by atoms with Crippen LogP contribution in [0.15, 0.2) is 109 Å². The molecule has 0 saturated heterocycles. The average Bonchev–Trinajstić information content (AvgIpc) is 3.44. The first-order valence-corrected chi connectivity index (χ1v) is 32.9. The Labute approximate surface area is 482 Å². The molecule has 78 heavy (non-hydrogen) atoms. The van der Waals surface area contributed by atoms with Crippen LogP contribution in [0.2, 0.25) is 0 Å². The van der Waals surface area contributed by atoms with E-state index in [9.17, 15) is 14.4 Å². The molecule has 1 atom stereocenters. The molecule has 0 spiro atoms. The first-order chi connectivity index (χ1) is 38.5. The SMILES string of the molecule is CC/C=C\C/C=C\C/C=C\C/C=C\CCCCCCCCC(=O)OC(COC(=O)CCCCCCC/C=C\C/C=C\CCCC)COC(=O)CCCCCCCCCCCCCC/C=C\C/C=C\C/C=C\CCCCCCC. The molecule has 0 radical (unpaired) electrons. The second-order valence-electron chi connectivity index (χ2n) is 21.6. The van der Waals surface area contributed by atoms with Crippen molar-refractivity contribution in [2.75, 3.05) is 13.2 Å². The number of rotatable bonds is 59. The highest BCUT2D eigenvalue weighted by Gasteiger charge is 2.19. The molecule has 1 unspecified atom stereocenters. The van der Waals surface area contributed by atoms with Crippen LogP contribution in [0, 0.1) is 0 Å². The van der Waals surface area contributed by atoms with Gasteiger partial charge in [-0.2, -0.15) is 0 Å². The van der Waals surface area contributed by atoms with Gasteiger partial charge in [-0.3, -0.25) is 14.4 Å². The van der Waals surface area contributed by atoms with Gasteiger partial charge in [0.15, 0.2) is 6.10 Å². The maximum absolute atomic E-state index is 12.9. The Morgan fingerprint density at radius 2 is 0.513 bits per heavy atom. The van der Waals surface area contributed by atoms with Crippen LogP contribution in [-0.4, -0.2) is 37.2 Å². The number of carbonyl (C=O) groups excluding carboxylic acids is 3. The standard InChI is InChI=1S/C72H122O6/c1-4-7-10-13-16-19-22-25-28-30-32-33-34-35-36-37-38-39-41-42-44-47-50-53-56-59-62-65-71(74)77-68-69(67-76-70(73)64-61-58-55-52-49-46-27-24-21-18-15-12-9-6-3)78-72(75)66-63-60-57-54-51-48-45-43-40-31-29-26-23-20-17-14-11-8-5-2/h8,11,15,17-18,20,22,24-27,29-30,32,34-35,40,43,69H,4-7,9-10,12-14,16,19,21,23,28,31,33,36-39,41-42,44-68H2,1-3H3/b11-8-,18-15-,20-17-,25-22-,27-24-,29-26-,32-30-,35-34-,43-40-. The number of esters is 3. The van der Waals surface area contributed by atoms with Crippen LogP contribution in [-0.2, 0) is 28.6 Å². The van der Waals surface area contributed by atoms with E-state index in [4.69, 9.17) is 14.2 Å². The molecule has 0 amide bonds. The molecule has 0 rings (SSSR count). The number of hydrogen-bond acceptors (Lipinski definition) is 6. The van der Waals surface area contributed by atoms with Gasteiger partial charge >= 0.3 is 17.9 Å². The van der Waals surface area contributed by atoms with Gasteiger partial charge in [-0.05, 0) is 122 Å². The van der Waals surface area contributed by atoms with Gasteiger partial charge in [0.2, 0.25) is 0 Å². The van der Waals surface area contributed by atoms with Crippen molar-refractivity contribution in [2.45, 2.75) is 316 Å². The topological polar surface area (TPSA) is 78.9 Å². The molecule has 0 saturated carbocycles. The predicted molar refractivity (Wildman–Crippen MR) is 339 cm³/mol. The molecule has 0 heterocycles. The fourth-order valence-electron chi connectivity index (χ4n) is 9.05. The van der Waals surface area contributed by atoms with E-state index in [2.05, 4.69) is 130 Å². The molecule has 6 nitrogen and oxygen atoms in total. The zero-order valence-corrected chi connectivity index (χ0v) is 51.2. The van der Waals surface area contributed by atoms with Crippen molar-refractivity contribution in [3.05, 3.63) is 109 Å². The van der Waals surface area contributed by atoms with E-state index in [0.29, 0.717) is 19.3 Å². The Morgan fingerprint density at radius 3 is 0.821 bits per heavy atom. The van der Waals surface area contributed by atoms with Crippen LogP contribution in [0.4, 0.5) is 0 Å². The minimum atomic E-state index is -0.796. The van der Waals surface area contributed by atoms with Crippen LogP contribution < -0.4 is 0 Å². The third-order valence-corrected chi connectivity index (χ3v) is 14.0. The fraction of sp³-hybridized carbons (Fsp3) is 0.708. The Bertz CT molecular complexity index is 1570. The van der Waals surface area contributed by atoms with Crippen LogP contribution in [0.25, 0.3) is 0 Å². The van der Waals surface area contributed by atoms with Crippen molar-refractivity contribution in [1.82, 2.24) is 0 Å². The third-order valence-electron chi connectivity index (χ3n) is 14.0. The Morgan fingerprint density at radius 1 is 0.269 bits per heavy atom. The second kappa shape index (κ2) is 65.6. The van der Waals surface area contributed by atoms with Crippen molar-refractivity contribution in [1.29, 1.82) is 0 Å². The molecule has 0 aromatic heterocycles. The van der Waals surface area contributed by atoms with Gasteiger partial charge < -0.3 is 14.2 Å². The minimum absolute atomic E-state index is 0.0899. The largest absolute Gasteiger partial charge is 0.462 e. The van der Waals surface area contributed by atoms with E-state index in [-0.39, 0.29) is 31.1 Å². The average molecular weight is 1080 g/mol. The summed E-state index contributed by atoms with van der Waals surface area (Å²) >= 11 is 0. The lowest BCUT2D eigenvalue weighted by atomic mass is 10.0. The summed E-state index contributed by atoms with van der Waals surface area (Å²) in [7, 11) is 0. The molecule has 0 aliphatic carbocycles. The highest BCUT2D eigenvalue weighted by molar-refractivity contribution is 5.71. The van der Waals surface area contributed by atoms with Crippen molar-refractivity contribution in [3.63, 3.8) is 0 Å². The summed E-state index contributed by atoms with van der Waals surface area (Å²) in [5.41, 5.74) is 0. The minimum Gasteiger partial charge on any atom is -0.462 e. The van der Waals surface area contributed by atoms with E-state index in [1.54, 1.807) is 0 Å². The molecule has 0 N–H and O–H groups in total. The summed E-state index contributed by atoms with van der Waals surface area (Å²) < 4.78 is 16.9. The van der Waals surface area contributed by atoms with E-state index < -0.39 is 6.10 Å². The molecular formula is C72H122O6. The van der Waals surface area contributed by atoms with E-state index in [0.717, 1.165) is 135 Å². The van der Waals surface area contributed by atoms with Gasteiger partial charge in [-0.1, -0.05) is 278 Å². The monoisotopic (exact) mass is 1080 g/mol. The molecule has 0 bridgehead atoms. The number of carbonyl (C=O) groups is 3. The van der Waals surface area contributed by atoms with Gasteiger partial charge in [0, 0.05) is 19.3 Å². The Hall–Kier alpha value is -3.93. The second-order valence-corrected chi connectivity index (χ2v) is 21.6. The first kappa shape index (κ1) is 74.1. The zero-order chi connectivity index (χ0) is 56.4. The molecule has 6 heteroatoms. The van der Waals surface area contributed by atoms with Crippen LogP contribution in [0.3, 0.4) is 0 Å². The zero-order valence-electron chi connectivity index (χ0n) is 51.2. The maximum atomic E-state index is 12.9. The van der Waals surface area contributed by atoms with Crippen LogP contribution in [0.1, 0.15) is 310 Å². The van der Waals surface area contributed by atoms with Crippen molar-refractivity contribution in [2.24, 2.45) is 0 Å². The van der Waals surface area contributed by atoms with E-state index >= 15 is 0 Å². The third kappa shape index (κ3) is 62.9. The van der Waals surface area contributed by atoms with Crippen LogP contribution in [0.5, 0.6) is 0 Å². The molecule has 0 aliphatic heterocycles. The van der Waals surface area contributed by atoms with Gasteiger partial charge in [0.25, 0.3) is 0 Å². The highest BCUT2D eigenvalue weighted by atomic mass is 16.6. The number of hydrogen-bond donors (Lipinski definition) is 0. The van der Waals surface area contributed by atoms with Crippen LogP contribution >= 0.6 is 0 Å². The molecule has 0 aromatic rings. The Balaban J connectivity index is 4.34. The quantitative estimate of drug-likeness (QED) is 0.0261. The summed E-state index contributed by atoms with van der Waals surface area (Å²) in [5, 5.41) is 0. The summed E-state index contributed by atoms with van der Waals surface area (Å²) in [5.74, 6) is -0.913. The number of ether oxygens (including phenoxy) is 3. The van der Waals surface area contributed by atoms with Crippen molar-refractivity contribution in [3.8, 4) is 0 Å². The number of unbranched alkanes of at least 4 members (excludes halogenated alkanes) is 30. The Kier molecular flexibility index (Phi) is 62.3. The maximum Gasteiger partial charge on any atom is 0.306 e. The van der Waals surface area contributed by atoms with Gasteiger partial charge in [0.1, 0.15) is 13.2 Å². The number of allylic oxidation sites excluding steroid dienone is 18. The van der Waals surface area contributed by atoms with Crippen molar-refractivity contribution >= 4 is 17.9 Å². The summed E-state index contributed by atoms with van der Waals surface area (Å²) in [6.45, 7) is 6.47. The molecule has 0 aromatic carbocycles.